The molecule has 3 N–H and O–H groups in total. The van der Waals surface area contributed by atoms with Gasteiger partial charge in [-0.05, 0) is 31.4 Å². The van der Waals surface area contributed by atoms with E-state index in [4.69, 9.17) is 5.73 Å². The third kappa shape index (κ3) is 4.04. The second-order valence-corrected chi connectivity index (χ2v) is 7.88. The number of hydrogen-bond acceptors (Lipinski definition) is 4. The van der Waals surface area contributed by atoms with Crippen LogP contribution in [0, 0.1) is 10.1 Å². The average molecular weight is 409 g/mol. The Morgan fingerprint density at radius 1 is 1.13 bits per heavy atom. The Bertz CT molecular complexity index is 1090. The molecule has 8 heteroatoms. The number of piperidine rings is 1. The molecular formula is C22H27N5O3+2. The number of fused-ring (bicyclic) bond motifs is 1. The van der Waals surface area contributed by atoms with Crippen LogP contribution in [0.25, 0.3) is 11.0 Å². The number of quaternary nitrogens is 1. The maximum absolute atomic E-state index is 12.9. The molecule has 1 aromatic heterocycles. The average Bonchev–Trinajstić information content (AvgIpc) is 3.04. The zero-order valence-corrected chi connectivity index (χ0v) is 16.9. The van der Waals surface area contributed by atoms with Crippen molar-refractivity contribution < 1.29 is 19.2 Å². The predicted molar refractivity (Wildman–Crippen MR) is 113 cm³/mol. The second kappa shape index (κ2) is 8.62. The van der Waals surface area contributed by atoms with Crippen molar-refractivity contribution in [2.24, 2.45) is 0 Å². The van der Waals surface area contributed by atoms with E-state index in [9.17, 15) is 14.9 Å². The summed E-state index contributed by atoms with van der Waals surface area (Å²) in [4.78, 5) is 25.0. The number of nitrogen functional groups attached to an aromatic ring is 1. The fourth-order valence-corrected chi connectivity index (χ4v) is 4.31. The van der Waals surface area contributed by atoms with Crippen molar-refractivity contribution in [1.29, 1.82) is 0 Å². The van der Waals surface area contributed by atoms with Crippen LogP contribution < -0.4 is 15.2 Å². The normalized spacial score (nSPS) is 14.8. The van der Waals surface area contributed by atoms with E-state index in [1.807, 2.05) is 28.8 Å². The van der Waals surface area contributed by atoms with E-state index < -0.39 is 4.92 Å². The molecule has 0 aliphatic carbocycles. The van der Waals surface area contributed by atoms with Crippen LogP contribution in [0.4, 0.5) is 11.6 Å². The number of aromatic nitrogens is 2. The number of nitrogens with one attached hydrogen (secondary N) is 1. The summed E-state index contributed by atoms with van der Waals surface area (Å²) in [5, 5.41) is 11.0. The molecule has 156 valence electrons. The van der Waals surface area contributed by atoms with Crippen molar-refractivity contribution in [2.75, 3.05) is 25.4 Å². The number of nitrogens with zero attached hydrogens (tertiary/aromatic N) is 3. The number of ketones is 1. The molecule has 0 radical (unpaired) electrons. The van der Waals surface area contributed by atoms with Gasteiger partial charge in [-0.2, -0.15) is 0 Å². The van der Waals surface area contributed by atoms with Crippen LogP contribution in [-0.2, 0) is 13.1 Å². The molecule has 0 bridgehead atoms. The molecule has 0 saturated carbocycles. The first-order valence-electron chi connectivity index (χ1n) is 10.4. The molecule has 0 atom stereocenters. The third-order valence-corrected chi connectivity index (χ3v) is 5.95. The lowest BCUT2D eigenvalue weighted by molar-refractivity contribution is -0.905. The van der Waals surface area contributed by atoms with Crippen LogP contribution in [0.3, 0.4) is 0 Å². The van der Waals surface area contributed by atoms with Crippen LogP contribution in [0.2, 0.25) is 0 Å². The molecule has 4 rings (SSSR count). The number of carbonyl (C=O) groups is 1. The van der Waals surface area contributed by atoms with E-state index in [0.717, 1.165) is 24.1 Å². The highest BCUT2D eigenvalue weighted by molar-refractivity contribution is 5.96. The molecule has 2 heterocycles. The zero-order valence-electron chi connectivity index (χ0n) is 16.9. The van der Waals surface area contributed by atoms with Gasteiger partial charge in [0.25, 0.3) is 5.69 Å². The minimum Gasteiger partial charge on any atom is -0.332 e. The number of Topliss-reactive ketones (excluding diaryl/α,β-unsaturated/α-hetero) is 1. The Hall–Kier alpha value is -3.26. The van der Waals surface area contributed by atoms with Crippen LogP contribution in [0.15, 0.2) is 48.5 Å². The molecule has 2 aromatic carbocycles. The molecule has 30 heavy (non-hydrogen) atoms. The highest BCUT2D eigenvalue weighted by Gasteiger charge is 2.25. The van der Waals surface area contributed by atoms with Gasteiger partial charge in [-0.15, -0.1) is 0 Å². The number of non-ortho nitro benzene ring substituents is 1. The van der Waals surface area contributed by atoms with Gasteiger partial charge in [0.05, 0.1) is 18.0 Å². The minimum atomic E-state index is -0.493. The van der Waals surface area contributed by atoms with E-state index in [-0.39, 0.29) is 18.0 Å². The largest absolute Gasteiger partial charge is 0.356 e. The molecule has 1 saturated heterocycles. The smallest absolute Gasteiger partial charge is 0.332 e. The fourth-order valence-electron chi connectivity index (χ4n) is 4.31. The van der Waals surface area contributed by atoms with Crippen molar-refractivity contribution >= 4 is 28.5 Å². The van der Waals surface area contributed by atoms with Crippen molar-refractivity contribution in [1.82, 2.24) is 4.57 Å². The molecule has 0 spiro atoms. The maximum atomic E-state index is 12.9. The number of rotatable bonds is 7. The van der Waals surface area contributed by atoms with Gasteiger partial charge in [0, 0.05) is 17.7 Å². The molecule has 1 aliphatic rings. The predicted octanol–water partition coefficient (Wildman–Crippen LogP) is 1.37. The van der Waals surface area contributed by atoms with Gasteiger partial charge >= 0.3 is 5.95 Å². The van der Waals surface area contributed by atoms with Crippen molar-refractivity contribution in [3.8, 4) is 0 Å². The van der Waals surface area contributed by atoms with Crippen LogP contribution in [-0.4, -0.2) is 34.9 Å². The first-order valence-corrected chi connectivity index (χ1v) is 10.4. The zero-order chi connectivity index (χ0) is 21.1. The van der Waals surface area contributed by atoms with Gasteiger partial charge in [0.1, 0.15) is 30.7 Å². The molecule has 0 unspecified atom stereocenters. The maximum Gasteiger partial charge on any atom is 0.356 e. The van der Waals surface area contributed by atoms with E-state index in [0.29, 0.717) is 11.5 Å². The molecule has 1 aliphatic heterocycles. The number of likely N-dealkylation sites (tertiary alicyclic amines) is 1. The van der Waals surface area contributed by atoms with E-state index in [1.54, 1.807) is 11.0 Å². The van der Waals surface area contributed by atoms with Crippen LogP contribution in [0.5, 0.6) is 0 Å². The molecule has 1 fully saturated rings. The van der Waals surface area contributed by atoms with E-state index in [2.05, 4.69) is 4.57 Å². The lowest BCUT2D eigenvalue weighted by Gasteiger charge is -2.22. The SMILES string of the molecule is Nc1n(CC[NH+]2CCCCC2)c2ccccc2[n+]1CC(=O)c1cccc([N+](=O)[O-])c1. The summed E-state index contributed by atoms with van der Waals surface area (Å²) >= 11 is 0. The summed E-state index contributed by atoms with van der Waals surface area (Å²) in [7, 11) is 0. The summed E-state index contributed by atoms with van der Waals surface area (Å²) in [5.74, 6) is 0.325. The summed E-state index contributed by atoms with van der Waals surface area (Å²) in [6.07, 6.45) is 3.86. The highest BCUT2D eigenvalue weighted by Crippen LogP contribution is 2.17. The topological polar surface area (TPSA) is 99.5 Å². The number of para-hydroxylation sites is 2. The Kier molecular flexibility index (Phi) is 5.76. The van der Waals surface area contributed by atoms with Gasteiger partial charge in [0.2, 0.25) is 0 Å². The second-order valence-electron chi connectivity index (χ2n) is 7.88. The number of carbonyl (C=O) groups excluding carboxylic acids is 1. The summed E-state index contributed by atoms with van der Waals surface area (Å²) < 4.78 is 3.89. The molecule has 3 aromatic rings. The molecule has 0 amide bonds. The standard InChI is InChI=1S/C22H25N5O3/c23-22-25(14-13-24-11-4-1-5-12-24)19-9-2-3-10-20(19)26(22)16-21(28)17-7-6-8-18(15-17)27(29)30/h2-3,6-10,15,23H,1,4-5,11-14,16H2/p+2. The highest BCUT2D eigenvalue weighted by atomic mass is 16.6. The van der Waals surface area contributed by atoms with Gasteiger partial charge in [-0.3, -0.25) is 20.6 Å². The Labute approximate surface area is 174 Å². The fraction of sp³-hybridized carbons (Fsp3) is 0.364. The summed E-state index contributed by atoms with van der Waals surface area (Å²) in [6, 6.07) is 13.7. The number of nitrogens with two attached hydrogens (primary N) is 1. The molecular weight excluding hydrogens is 382 g/mol. The quantitative estimate of drug-likeness (QED) is 0.266. The van der Waals surface area contributed by atoms with Crippen LogP contribution in [0.1, 0.15) is 29.6 Å². The van der Waals surface area contributed by atoms with Gasteiger partial charge < -0.3 is 4.90 Å². The van der Waals surface area contributed by atoms with Gasteiger partial charge in [0.15, 0.2) is 5.78 Å². The van der Waals surface area contributed by atoms with Crippen molar-refractivity contribution in [3.63, 3.8) is 0 Å². The summed E-state index contributed by atoms with van der Waals surface area (Å²) in [5.41, 5.74) is 8.60. The van der Waals surface area contributed by atoms with E-state index >= 15 is 0 Å². The number of benzene rings is 2. The van der Waals surface area contributed by atoms with Crippen molar-refractivity contribution in [2.45, 2.75) is 32.4 Å². The first kappa shape index (κ1) is 20.0. The number of nitro groups is 1. The van der Waals surface area contributed by atoms with Crippen molar-refractivity contribution in [3.05, 3.63) is 64.2 Å². The summed E-state index contributed by atoms with van der Waals surface area (Å²) in [6.45, 7) is 4.23. The lowest BCUT2D eigenvalue weighted by atomic mass is 10.1. The molecule has 8 nitrogen and oxygen atoms in total. The Morgan fingerprint density at radius 3 is 2.67 bits per heavy atom. The van der Waals surface area contributed by atoms with Crippen LogP contribution >= 0.6 is 0 Å². The number of nitro benzene ring substituents is 1. The van der Waals surface area contributed by atoms with Gasteiger partial charge in [-0.25, -0.2) is 9.13 Å². The number of imidazole rings is 1. The van der Waals surface area contributed by atoms with E-state index in [1.165, 1.54) is 50.6 Å². The number of hydrogen-bond donors (Lipinski definition) is 2. The number of anilines is 1. The minimum absolute atomic E-state index is 0.0388. The Balaban J connectivity index is 1.61. The van der Waals surface area contributed by atoms with Gasteiger partial charge in [-0.1, -0.05) is 24.3 Å². The lowest BCUT2D eigenvalue weighted by Crippen LogP contribution is -3.13. The first-order chi connectivity index (χ1) is 14.5. The Morgan fingerprint density at radius 2 is 1.90 bits per heavy atom. The third-order valence-electron chi connectivity index (χ3n) is 5.95. The monoisotopic (exact) mass is 409 g/mol.